The van der Waals surface area contributed by atoms with E-state index in [-0.39, 0.29) is 11.2 Å². The van der Waals surface area contributed by atoms with Crippen LogP contribution in [0.3, 0.4) is 0 Å². The molecule has 1 aliphatic rings. The van der Waals surface area contributed by atoms with Gasteiger partial charge in [0.25, 0.3) is 0 Å². The van der Waals surface area contributed by atoms with Crippen LogP contribution in [0, 0.1) is 0 Å². The summed E-state index contributed by atoms with van der Waals surface area (Å²) in [5.41, 5.74) is 0.638. The first-order valence-electron chi connectivity index (χ1n) is 8.27. The minimum Gasteiger partial charge on any atom is -0.495 e. The highest BCUT2D eigenvalue weighted by Gasteiger charge is 2.30. The van der Waals surface area contributed by atoms with Crippen LogP contribution >= 0.6 is 23.4 Å². The van der Waals surface area contributed by atoms with Gasteiger partial charge in [-0.1, -0.05) is 23.4 Å². The molecule has 6 nitrogen and oxygen atoms in total. The third kappa shape index (κ3) is 4.10. The number of anilines is 1. The van der Waals surface area contributed by atoms with Gasteiger partial charge >= 0.3 is 0 Å². The summed E-state index contributed by atoms with van der Waals surface area (Å²) in [5.74, 6) is 2.04. The lowest BCUT2D eigenvalue weighted by Gasteiger charge is -2.13. The zero-order chi connectivity index (χ0) is 18.0. The van der Waals surface area contributed by atoms with Crippen LogP contribution in [0.4, 0.5) is 5.69 Å². The molecule has 1 amide bonds. The van der Waals surface area contributed by atoms with Crippen molar-refractivity contribution in [2.45, 2.75) is 49.6 Å². The summed E-state index contributed by atoms with van der Waals surface area (Å²) < 4.78 is 7.22. The molecule has 1 fully saturated rings. The maximum absolute atomic E-state index is 12.5. The minimum absolute atomic E-state index is 0.107. The highest BCUT2D eigenvalue weighted by molar-refractivity contribution is 8.00. The number of ether oxygens (including phenoxy) is 1. The average molecular weight is 381 g/mol. The Kier molecular flexibility index (Phi) is 5.54. The number of thioether (sulfide) groups is 1. The van der Waals surface area contributed by atoms with Crippen molar-refractivity contribution < 1.29 is 9.53 Å². The Labute approximate surface area is 156 Å². The van der Waals surface area contributed by atoms with Gasteiger partial charge in [0.2, 0.25) is 5.91 Å². The van der Waals surface area contributed by atoms with Crippen molar-refractivity contribution in [2.24, 2.45) is 0 Å². The van der Waals surface area contributed by atoms with Crippen molar-refractivity contribution in [1.82, 2.24) is 14.8 Å². The monoisotopic (exact) mass is 380 g/mol. The van der Waals surface area contributed by atoms with E-state index in [1.165, 1.54) is 24.6 Å². The molecule has 1 aliphatic carbocycles. The fourth-order valence-corrected chi connectivity index (χ4v) is 3.71. The fraction of sp³-hybridized carbons (Fsp3) is 0.471. The van der Waals surface area contributed by atoms with Crippen LogP contribution in [0.15, 0.2) is 23.4 Å². The van der Waals surface area contributed by atoms with Crippen LogP contribution in [-0.2, 0) is 11.3 Å². The Morgan fingerprint density at radius 3 is 2.84 bits per heavy atom. The molecule has 2 aromatic rings. The Bertz CT molecular complexity index is 776. The number of carbonyl (C=O) groups excluding carboxylic acids is 1. The third-order valence-corrected chi connectivity index (χ3v) is 5.45. The maximum Gasteiger partial charge on any atom is 0.237 e. The van der Waals surface area contributed by atoms with Gasteiger partial charge in [0.15, 0.2) is 5.16 Å². The molecular weight excluding hydrogens is 360 g/mol. The Morgan fingerprint density at radius 2 is 2.24 bits per heavy atom. The van der Waals surface area contributed by atoms with Crippen molar-refractivity contribution in [3.63, 3.8) is 0 Å². The predicted molar refractivity (Wildman–Crippen MR) is 99.6 cm³/mol. The standard InChI is InChI=1S/C17H21ClN4O2S/c1-4-22-15(11-5-6-11)20-21-17(22)25-10(2)16(23)19-12-7-8-14(24-3)13(18)9-12/h7-11H,4-6H2,1-3H3,(H,19,23)/t10-/m1/s1. The molecule has 25 heavy (non-hydrogen) atoms. The summed E-state index contributed by atoms with van der Waals surface area (Å²) in [5, 5.41) is 12.4. The van der Waals surface area contributed by atoms with E-state index < -0.39 is 0 Å². The highest BCUT2D eigenvalue weighted by Crippen LogP contribution is 2.40. The van der Waals surface area contributed by atoms with Gasteiger partial charge in [0, 0.05) is 18.2 Å². The van der Waals surface area contributed by atoms with Gasteiger partial charge in [0.1, 0.15) is 11.6 Å². The summed E-state index contributed by atoms with van der Waals surface area (Å²) in [4.78, 5) is 12.5. The molecule has 0 bridgehead atoms. The summed E-state index contributed by atoms with van der Waals surface area (Å²) in [7, 11) is 1.55. The second-order valence-electron chi connectivity index (χ2n) is 5.96. The largest absolute Gasteiger partial charge is 0.495 e. The van der Waals surface area contributed by atoms with Crippen LogP contribution in [0.5, 0.6) is 5.75 Å². The van der Waals surface area contributed by atoms with Gasteiger partial charge in [-0.3, -0.25) is 4.79 Å². The highest BCUT2D eigenvalue weighted by atomic mass is 35.5. The van der Waals surface area contributed by atoms with E-state index in [1.54, 1.807) is 25.3 Å². The molecule has 0 spiro atoms. The quantitative estimate of drug-likeness (QED) is 0.736. The van der Waals surface area contributed by atoms with Gasteiger partial charge in [-0.15, -0.1) is 10.2 Å². The molecule has 1 aromatic carbocycles. The van der Waals surface area contributed by atoms with Crippen molar-refractivity contribution in [3.8, 4) is 5.75 Å². The lowest BCUT2D eigenvalue weighted by molar-refractivity contribution is -0.115. The molecule has 0 saturated heterocycles. The third-order valence-electron chi connectivity index (χ3n) is 4.07. The van der Waals surface area contributed by atoms with E-state index in [2.05, 4.69) is 27.0 Å². The lowest BCUT2D eigenvalue weighted by atomic mass is 10.3. The van der Waals surface area contributed by atoms with Crippen molar-refractivity contribution in [1.29, 1.82) is 0 Å². The lowest BCUT2D eigenvalue weighted by Crippen LogP contribution is -2.23. The summed E-state index contributed by atoms with van der Waals surface area (Å²) >= 11 is 7.52. The average Bonchev–Trinajstić information content (AvgIpc) is 3.36. The number of nitrogens with zero attached hydrogens (tertiary/aromatic N) is 3. The van der Waals surface area contributed by atoms with Gasteiger partial charge in [-0.25, -0.2) is 0 Å². The van der Waals surface area contributed by atoms with Crippen molar-refractivity contribution in [3.05, 3.63) is 29.0 Å². The first-order chi connectivity index (χ1) is 12.0. The van der Waals surface area contributed by atoms with Gasteiger partial charge in [0.05, 0.1) is 17.4 Å². The number of benzene rings is 1. The number of aromatic nitrogens is 3. The number of amides is 1. The molecule has 1 saturated carbocycles. The van der Waals surface area contributed by atoms with E-state index in [0.29, 0.717) is 22.4 Å². The summed E-state index contributed by atoms with van der Waals surface area (Å²) in [6, 6.07) is 5.17. The van der Waals surface area contributed by atoms with Crippen LogP contribution in [0.1, 0.15) is 38.4 Å². The molecule has 0 unspecified atom stereocenters. The van der Waals surface area contributed by atoms with E-state index in [1.807, 2.05) is 6.92 Å². The zero-order valence-corrected chi connectivity index (χ0v) is 16.0. The van der Waals surface area contributed by atoms with Crippen LogP contribution in [0.25, 0.3) is 0 Å². The second-order valence-corrected chi connectivity index (χ2v) is 7.67. The summed E-state index contributed by atoms with van der Waals surface area (Å²) in [6.45, 7) is 4.74. The number of rotatable bonds is 7. The van der Waals surface area contributed by atoms with Crippen LogP contribution in [-0.4, -0.2) is 33.0 Å². The SMILES string of the molecule is CCn1c(S[C@H](C)C(=O)Nc2ccc(OC)c(Cl)c2)nnc1C1CC1. The normalized spacial score (nSPS) is 15.0. The number of carbonyl (C=O) groups is 1. The first kappa shape index (κ1) is 18.1. The maximum atomic E-state index is 12.5. The molecule has 1 aromatic heterocycles. The molecule has 1 atom stereocenters. The van der Waals surface area contributed by atoms with Gasteiger partial charge < -0.3 is 14.6 Å². The minimum atomic E-state index is -0.303. The predicted octanol–water partition coefficient (Wildman–Crippen LogP) is 3.96. The number of methoxy groups -OCH3 is 1. The van der Waals surface area contributed by atoms with Crippen LogP contribution < -0.4 is 10.1 Å². The molecule has 8 heteroatoms. The van der Waals surface area contributed by atoms with Gasteiger partial charge in [-0.2, -0.15) is 0 Å². The molecule has 1 heterocycles. The molecule has 1 N–H and O–H groups in total. The number of nitrogens with one attached hydrogen (secondary N) is 1. The smallest absolute Gasteiger partial charge is 0.237 e. The number of hydrogen-bond acceptors (Lipinski definition) is 5. The van der Waals surface area contributed by atoms with Crippen molar-refractivity contribution >= 4 is 35.0 Å². The second kappa shape index (κ2) is 7.66. The fourth-order valence-electron chi connectivity index (χ4n) is 2.53. The zero-order valence-electron chi connectivity index (χ0n) is 14.5. The Hall–Kier alpha value is -1.73. The molecule has 134 valence electrons. The Morgan fingerprint density at radius 1 is 1.48 bits per heavy atom. The summed E-state index contributed by atoms with van der Waals surface area (Å²) in [6.07, 6.45) is 2.36. The first-order valence-corrected chi connectivity index (χ1v) is 9.53. The van der Waals surface area contributed by atoms with Crippen molar-refractivity contribution in [2.75, 3.05) is 12.4 Å². The Balaban J connectivity index is 1.66. The molecule has 0 aliphatic heterocycles. The molecular formula is C17H21ClN4O2S. The van der Waals surface area contributed by atoms with Gasteiger partial charge in [-0.05, 0) is 44.9 Å². The van der Waals surface area contributed by atoms with E-state index in [9.17, 15) is 4.79 Å². The number of halogens is 1. The molecule has 3 rings (SSSR count). The topological polar surface area (TPSA) is 69.0 Å². The van der Waals surface area contributed by atoms with E-state index >= 15 is 0 Å². The van der Waals surface area contributed by atoms with E-state index in [4.69, 9.17) is 16.3 Å². The molecule has 0 radical (unpaired) electrons. The van der Waals surface area contributed by atoms with Crippen LogP contribution in [0.2, 0.25) is 5.02 Å². The van der Waals surface area contributed by atoms with E-state index in [0.717, 1.165) is 17.5 Å². The number of hydrogen-bond donors (Lipinski definition) is 1.